The molecule has 0 bridgehead atoms. The first-order valence-electron chi connectivity index (χ1n) is 16.5. The number of hydrogen-bond donors (Lipinski definition) is 0. The highest BCUT2D eigenvalue weighted by Gasteiger charge is 2.17. The highest BCUT2D eigenvalue weighted by atomic mass is 15.1. The van der Waals surface area contributed by atoms with Gasteiger partial charge in [0.2, 0.25) is 0 Å². The van der Waals surface area contributed by atoms with E-state index in [2.05, 4.69) is 181 Å². The fourth-order valence-electron chi connectivity index (χ4n) is 7.33. The Kier molecular flexibility index (Phi) is 6.72. The third-order valence-electron chi connectivity index (χ3n) is 9.54. The van der Waals surface area contributed by atoms with Gasteiger partial charge in [0.15, 0.2) is 0 Å². The highest BCUT2D eigenvalue weighted by Crippen LogP contribution is 2.44. The Balaban J connectivity index is 1.17. The van der Waals surface area contributed by atoms with Gasteiger partial charge in [0.05, 0.1) is 11.0 Å². The maximum atomic E-state index is 4.92. The summed E-state index contributed by atoms with van der Waals surface area (Å²) in [6.45, 7) is 2.07. The maximum absolute atomic E-state index is 4.92. The summed E-state index contributed by atoms with van der Waals surface area (Å²) in [5.74, 6) is 0.984. The van der Waals surface area contributed by atoms with Crippen molar-refractivity contribution in [1.29, 1.82) is 0 Å². The predicted octanol–water partition coefficient (Wildman–Crippen LogP) is 12.3. The van der Waals surface area contributed by atoms with Crippen molar-refractivity contribution in [2.45, 2.75) is 6.92 Å². The third kappa shape index (κ3) is 4.70. The zero-order chi connectivity index (χ0) is 32.0. The van der Waals surface area contributed by atoms with Crippen LogP contribution < -0.4 is 0 Å². The lowest BCUT2D eigenvalue weighted by Crippen LogP contribution is -1.95. The Hall–Kier alpha value is -6.25. The topological polar surface area (TPSA) is 17.8 Å². The lowest BCUT2D eigenvalue weighted by molar-refractivity contribution is 1.00. The monoisotopic (exact) mass is 612 g/mol. The molecule has 2 heteroatoms. The molecule has 8 aromatic carbocycles. The fraction of sp³-hybridized carbons (Fsp3) is 0.0217. The second-order valence-electron chi connectivity index (χ2n) is 12.4. The minimum Gasteiger partial charge on any atom is -0.297 e. The first-order chi connectivity index (χ1) is 23.7. The van der Waals surface area contributed by atoms with Gasteiger partial charge in [-0.25, -0.2) is 4.98 Å². The molecule has 9 aromatic rings. The smallest absolute Gasteiger partial charge is 0.111 e. The molecular formula is C46H32N2. The van der Waals surface area contributed by atoms with E-state index in [1.165, 1.54) is 60.5 Å². The molecule has 48 heavy (non-hydrogen) atoms. The van der Waals surface area contributed by atoms with Crippen LogP contribution in [-0.2, 0) is 0 Å². The van der Waals surface area contributed by atoms with E-state index < -0.39 is 0 Å². The average Bonchev–Trinajstić information content (AvgIpc) is 3.49. The van der Waals surface area contributed by atoms with Gasteiger partial charge in [-0.1, -0.05) is 146 Å². The molecule has 0 unspecified atom stereocenters. The van der Waals surface area contributed by atoms with Gasteiger partial charge in [-0.05, 0) is 103 Å². The molecule has 0 aliphatic rings. The Morgan fingerprint density at radius 2 is 0.833 bits per heavy atom. The molecule has 0 N–H and O–H groups in total. The molecule has 0 aliphatic carbocycles. The van der Waals surface area contributed by atoms with E-state index in [1.807, 2.05) is 6.07 Å². The molecule has 0 radical (unpaired) electrons. The Morgan fingerprint density at radius 3 is 1.44 bits per heavy atom. The van der Waals surface area contributed by atoms with Crippen LogP contribution in [0.4, 0.5) is 0 Å². The lowest BCUT2D eigenvalue weighted by atomic mass is 9.85. The molecule has 0 spiro atoms. The summed E-state index contributed by atoms with van der Waals surface area (Å²) in [6.07, 6.45) is 0. The number of nitrogens with zero attached hydrogens (tertiary/aromatic N) is 2. The fourth-order valence-corrected chi connectivity index (χ4v) is 7.33. The van der Waals surface area contributed by atoms with Gasteiger partial charge in [-0.15, -0.1) is 0 Å². The van der Waals surface area contributed by atoms with E-state index in [0.29, 0.717) is 0 Å². The summed E-state index contributed by atoms with van der Waals surface area (Å²) in [6, 6.07) is 63.4. The van der Waals surface area contributed by atoms with Gasteiger partial charge in [0.1, 0.15) is 5.82 Å². The van der Waals surface area contributed by atoms with E-state index >= 15 is 0 Å². The molecule has 1 aromatic heterocycles. The number of benzene rings is 8. The van der Waals surface area contributed by atoms with Crippen molar-refractivity contribution in [3.8, 4) is 50.2 Å². The Morgan fingerprint density at radius 1 is 0.375 bits per heavy atom. The Bertz CT molecular complexity index is 2580. The van der Waals surface area contributed by atoms with Crippen LogP contribution >= 0.6 is 0 Å². The number of fused-ring (bicyclic) bond motifs is 3. The zero-order valence-electron chi connectivity index (χ0n) is 26.6. The zero-order valence-corrected chi connectivity index (χ0v) is 26.6. The van der Waals surface area contributed by atoms with E-state index in [0.717, 1.165) is 28.1 Å². The molecule has 0 atom stereocenters. The maximum Gasteiger partial charge on any atom is 0.111 e. The van der Waals surface area contributed by atoms with Crippen LogP contribution in [0.2, 0.25) is 0 Å². The van der Waals surface area contributed by atoms with Crippen LogP contribution in [-0.4, -0.2) is 9.55 Å². The number of aryl methyl sites for hydroxylation is 1. The van der Waals surface area contributed by atoms with Gasteiger partial charge in [0, 0.05) is 5.69 Å². The predicted molar refractivity (Wildman–Crippen MR) is 203 cm³/mol. The van der Waals surface area contributed by atoms with Gasteiger partial charge in [-0.2, -0.15) is 0 Å². The number of aromatic nitrogens is 2. The second kappa shape index (κ2) is 11.5. The lowest BCUT2D eigenvalue weighted by Gasteiger charge is -2.18. The Labute approximate surface area is 280 Å². The van der Waals surface area contributed by atoms with Crippen molar-refractivity contribution >= 4 is 32.6 Å². The van der Waals surface area contributed by atoms with Crippen molar-refractivity contribution in [2.24, 2.45) is 0 Å². The van der Waals surface area contributed by atoms with Gasteiger partial charge >= 0.3 is 0 Å². The van der Waals surface area contributed by atoms with Crippen molar-refractivity contribution in [2.75, 3.05) is 0 Å². The number of imidazole rings is 1. The van der Waals surface area contributed by atoms with Crippen LogP contribution in [0.25, 0.3) is 82.8 Å². The standard InChI is InChI=1S/C46H32N2/c1-31-47-43-30-37(26-28-44(43)48(31)38-17-9-4-10-18-38)33-23-21-32(22-24-33)36-25-27-41-42(29-36)46(35-15-7-3-8-16-35)40-20-12-11-19-39(40)45(41)34-13-5-2-6-14-34/h2-30H,1H3. The molecule has 0 aliphatic heterocycles. The second-order valence-corrected chi connectivity index (χ2v) is 12.4. The molecule has 226 valence electrons. The third-order valence-corrected chi connectivity index (χ3v) is 9.54. The summed E-state index contributed by atoms with van der Waals surface area (Å²) < 4.78 is 2.22. The molecule has 0 saturated carbocycles. The normalized spacial score (nSPS) is 11.4. The quantitative estimate of drug-likeness (QED) is 0.177. The van der Waals surface area contributed by atoms with Crippen LogP contribution in [0, 0.1) is 6.92 Å². The molecule has 0 amide bonds. The SMILES string of the molecule is Cc1nc2cc(-c3ccc(-c4ccc5c(-c6ccccc6)c6ccccc6c(-c6ccccc6)c5c4)cc3)ccc2n1-c1ccccc1. The average molecular weight is 613 g/mol. The molecule has 0 saturated heterocycles. The summed E-state index contributed by atoms with van der Waals surface area (Å²) in [7, 11) is 0. The first kappa shape index (κ1) is 28.0. The van der Waals surface area contributed by atoms with Crippen molar-refractivity contribution in [1.82, 2.24) is 9.55 Å². The van der Waals surface area contributed by atoms with Gasteiger partial charge < -0.3 is 0 Å². The van der Waals surface area contributed by atoms with E-state index in [1.54, 1.807) is 0 Å². The van der Waals surface area contributed by atoms with Crippen LogP contribution in [0.1, 0.15) is 5.82 Å². The number of hydrogen-bond acceptors (Lipinski definition) is 1. The van der Waals surface area contributed by atoms with E-state index in [4.69, 9.17) is 4.98 Å². The summed E-state index contributed by atoms with van der Waals surface area (Å²) in [4.78, 5) is 4.92. The summed E-state index contributed by atoms with van der Waals surface area (Å²) in [5.41, 5.74) is 13.0. The van der Waals surface area contributed by atoms with Gasteiger partial charge in [-0.3, -0.25) is 4.57 Å². The minimum atomic E-state index is 0.984. The van der Waals surface area contributed by atoms with Crippen molar-refractivity contribution < 1.29 is 0 Å². The van der Waals surface area contributed by atoms with E-state index in [9.17, 15) is 0 Å². The molecule has 9 rings (SSSR count). The number of rotatable bonds is 5. The highest BCUT2D eigenvalue weighted by molar-refractivity contribution is 6.22. The van der Waals surface area contributed by atoms with Crippen molar-refractivity contribution in [3.05, 3.63) is 182 Å². The number of para-hydroxylation sites is 1. The van der Waals surface area contributed by atoms with E-state index in [-0.39, 0.29) is 0 Å². The van der Waals surface area contributed by atoms with Gasteiger partial charge in [0.25, 0.3) is 0 Å². The first-order valence-corrected chi connectivity index (χ1v) is 16.5. The molecule has 1 heterocycles. The summed E-state index contributed by atoms with van der Waals surface area (Å²) in [5, 5.41) is 5.06. The van der Waals surface area contributed by atoms with Crippen LogP contribution in [0.3, 0.4) is 0 Å². The molecule has 2 nitrogen and oxygen atoms in total. The van der Waals surface area contributed by atoms with Crippen molar-refractivity contribution in [3.63, 3.8) is 0 Å². The molecule has 0 fully saturated rings. The van der Waals surface area contributed by atoms with Crippen LogP contribution in [0.5, 0.6) is 0 Å². The largest absolute Gasteiger partial charge is 0.297 e. The van der Waals surface area contributed by atoms with Crippen LogP contribution in [0.15, 0.2) is 176 Å². The molecular weight excluding hydrogens is 581 g/mol. The minimum absolute atomic E-state index is 0.984. The summed E-state index contributed by atoms with van der Waals surface area (Å²) >= 11 is 0.